The third-order valence-electron chi connectivity index (χ3n) is 3.37. The zero-order valence-corrected chi connectivity index (χ0v) is 12.2. The second kappa shape index (κ2) is 5.81. The summed E-state index contributed by atoms with van der Waals surface area (Å²) >= 11 is 0. The molecule has 5 heteroatoms. The van der Waals surface area contributed by atoms with Gasteiger partial charge in [-0.15, -0.1) is 0 Å². The van der Waals surface area contributed by atoms with Gasteiger partial charge < -0.3 is 15.0 Å². The predicted molar refractivity (Wildman–Crippen MR) is 90.1 cm³/mol. The van der Waals surface area contributed by atoms with Gasteiger partial charge in [0.2, 0.25) is 11.8 Å². The second-order valence-corrected chi connectivity index (χ2v) is 5.02. The van der Waals surface area contributed by atoms with Crippen molar-refractivity contribution < 1.29 is 4.74 Å². The quantitative estimate of drug-likeness (QED) is 0.583. The van der Waals surface area contributed by atoms with E-state index in [-0.39, 0.29) is 0 Å². The highest BCUT2D eigenvalue weighted by atomic mass is 16.5. The fourth-order valence-corrected chi connectivity index (χ4v) is 2.28. The van der Waals surface area contributed by atoms with Crippen molar-refractivity contribution in [1.29, 1.82) is 0 Å². The van der Waals surface area contributed by atoms with Crippen LogP contribution in [0.25, 0.3) is 11.0 Å². The summed E-state index contributed by atoms with van der Waals surface area (Å²) in [6.07, 6.45) is 1.70. The molecule has 0 amide bonds. The van der Waals surface area contributed by atoms with Gasteiger partial charge in [-0.05, 0) is 42.5 Å². The summed E-state index contributed by atoms with van der Waals surface area (Å²) in [6.45, 7) is 0. The number of nitrogens with one attached hydrogen (secondary N) is 2. The first-order valence-electron chi connectivity index (χ1n) is 7.27. The minimum atomic E-state index is 0.575. The fraction of sp³-hybridized carbons (Fsp3) is 0. The van der Waals surface area contributed by atoms with Crippen LogP contribution >= 0.6 is 0 Å². The van der Waals surface area contributed by atoms with Gasteiger partial charge in [-0.2, -0.15) is 0 Å². The average Bonchev–Trinajstić information content (AvgIpc) is 3.00. The Kier molecular flexibility index (Phi) is 3.37. The van der Waals surface area contributed by atoms with E-state index in [1.165, 1.54) is 0 Å². The number of rotatable bonds is 4. The van der Waals surface area contributed by atoms with Gasteiger partial charge in [0, 0.05) is 18.0 Å². The number of nitrogens with zero attached hydrogens (tertiary/aromatic N) is 2. The van der Waals surface area contributed by atoms with E-state index in [9.17, 15) is 0 Å². The van der Waals surface area contributed by atoms with Crippen molar-refractivity contribution >= 4 is 22.7 Å². The van der Waals surface area contributed by atoms with Crippen molar-refractivity contribution in [2.24, 2.45) is 0 Å². The Bertz CT molecular complexity index is 884. The summed E-state index contributed by atoms with van der Waals surface area (Å²) in [5.41, 5.74) is 2.87. The molecule has 23 heavy (non-hydrogen) atoms. The van der Waals surface area contributed by atoms with Gasteiger partial charge in [0.15, 0.2) is 0 Å². The number of fused-ring (bicyclic) bond motifs is 1. The van der Waals surface area contributed by atoms with Crippen molar-refractivity contribution in [3.8, 4) is 11.6 Å². The minimum absolute atomic E-state index is 0.575. The Balaban J connectivity index is 1.49. The van der Waals surface area contributed by atoms with Gasteiger partial charge in [0.1, 0.15) is 5.75 Å². The van der Waals surface area contributed by atoms with Gasteiger partial charge in [-0.25, -0.2) is 9.97 Å². The average molecular weight is 302 g/mol. The monoisotopic (exact) mass is 302 g/mol. The van der Waals surface area contributed by atoms with Crippen LogP contribution in [-0.2, 0) is 0 Å². The third-order valence-corrected chi connectivity index (χ3v) is 3.37. The zero-order chi connectivity index (χ0) is 15.5. The van der Waals surface area contributed by atoms with Gasteiger partial charge >= 0.3 is 0 Å². The highest BCUT2D eigenvalue weighted by molar-refractivity contribution is 5.78. The molecule has 0 aliphatic rings. The van der Waals surface area contributed by atoms with E-state index in [0.717, 1.165) is 22.5 Å². The van der Waals surface area contributed by atoms with Crippen molar-refractivity contribution in [1.82, 2.24) is 15.0 Å². The van der Waals surface area contributed by atoms with Crippen LogP contribution in [0.15, 0.2) is 72.9 Å². The number of ether oxygens (including phenoxy) is 1. The highest BCUT2D eigenvalue weighted by Crippen LogP contribution is 2.23. The van der Waals surface area contributed by atoms with Crippen LogP contribution in [0, 0.1) is 0 Å². The molecule has 0 saturated heterocycles. The Morgan fingerprint density at radius 3 is 2.48 bits per heavy atom. The number of para-hydroxylation sites is 2. The van der Waals surface area contributed by atoms with E-state index in [4.69, 9.17) is 4.74 Å². The number of aromatic nitrogens is 3. The number of anilines is 2. The SMILES string of the molecule is c1ccc(Oc2ccc(Nc3nc4ccccc4[nH]3)cc2)nc1. The molecule has 2 N–H and O–H groups in total. The summed E-state index contributed by atoms with van der Waals surface area (Å²) in [5.74, 6) is 2.02. The maximum Gasteiger partial charge on any atom is 0.219 e. The molecule has 5 nitrogen and oxygen atoms in total. The first-order valence-corrected chi connectivity index (χ1v) is 7.27. The van der Waals surface area contributed by atoms with Crippen LogP contribution < -0.4 is 10.1 Å². The molecule has 4 rings (SSSR count). The van der Waals surface area contributed by atoms with E-state index in [1.54, 1.807) is 6.20 Å². The maximum atomic E-state index is 5.67. The van der Waals surface area contributed by atoms with Gasteiger partial charge in [-0.3, -0.25) is 0 Å². The lowest BCUT2D eigenvalue weighted by Crippen LogP contribution is -1.92. The van der Waals surface area contributed by atoms with E-state index < -0.39 is 0 Å². The summed E-state index contributed by atoms with van der Waals surface area (Å²) in [7, 11) is 0. The van der Waals surface area contributed by atoms with Gasteiger partial charge in [0.25, 0.3) is 0 Å². The van der Waals surface area contributed by atoms with Crippen LogP contribution in [0.4, 0.5) is 11.6 Å². The zero-order valence-electron chi connectivity index (χ0n) is 12.2. The first-order chi connectivity index (χ1) is 11.4. The molecule has 0 bridgehead atoms. The Morgan fingerprint density at radius 2 is 1.70 bits per heavy atom. The van der Waals surface area contributed by atoms with Crippen LogP contribution in [0.5, 0.6) is 11.6 Å². The molecule has 4 aromatic rings. The molecule has 0 saturated carbocycles. The lowest BCUT2D eigenvalue weighted by Gasteiger charge is -2.06. The van der Waals surface area contributed by atoms with Gasteiger partial charge in [0.05, 0.1) is 11.0 Å². The Labute approximate surface area is 133 Å². The fourth-order valence-electron chi connectivity index (χ4n) is 2.28. The lowest BCUT2D eigenvalue weighted by atomic mass is 10.3. The number of hydrogen-bond acceptors (Lipinski definition) is 4. The minimum Gasteiger partial charge on any atom is -0.439 e. The van der Waals surface area contributed by atoms with Crippen LogP contribution in [-0.4, -0.2) is 15.0 Å². The van der Waals surface area contributed by atoms with Crippen LogP contribution in [0.3, 0.4) is 0 Å². The number of aromatic amines is 1. The van der Waals surface area contributed by atoms with E-state index in [2.05, 4.69) is 20.3 Å². The molecule has 2 aromatic heterocycles. The highest BCUT2D eigenvalue weighted by Gasteiger charge is 2.03. The summed E-state index contributed by atoms with van der Waals surface area (Å²) < 4.78 is 5.67. The van der Waals surface area contributed by atoms with Gasteiger partial charge in [-0.1, -0.05) is 18.2 Å². The molecule has 0 radical (unpaired) electrons. The standard InChI is InChI=1S/C18H14N4O/c1-2-6-16-15(5-1)21-18(22-16)20-13-8-10-14(11-9-13)23-17-7-3-4-12-19-17/h1-12H,(H2,20,21,22). The van der Waals surface area contributed by atoms with Crippen molar-refractivity contribution in [3.63, 3.8) is 0 Å². The number of imidazole rings is 1. The maximum absolute atomic E-state index is 5.67. The van der Waals surface area contributed by atoms with E-state index in [1.807, 2.05) is 66.7 Å². The first kappa shape index (κ1) is 13.3. The summed E-state index contributed by atoms with van der Waals surface area (Å²) in [4.78, 5) is 11.9. The summed E-state index contributed by atoms with van der Waals surface area (Å²) in [5, 5.41) is 3.25. The molecule has 0 atom stereocenters. The Hall–Kier alpha value is -3.34. The van der Waals surface area contributed by atoms with Crippen molar-refractivity contribution in [3.05, 3.63) is 72.9 Å². The molecule has 112 valence electrons. The number of hydrogen-bond donors (Lipinski definition) is 2. The third kappa shape index (κ3) is 2.98. The molecule has 0 fully saturated rings. The Morgan fingerprint density at radius 1 is 0.870 bits per heavy atom. The topological polar surface area (TPSA) is 62.8 Å². The molecule has 2 heterocycles. The second-order valence-electron chi connectivity index (χ2n) is 5.02. The molecule has 2 aromatic carbocycles. The molecule has 0 unspecified atom stereocenters. The summed E-state index contributed by atoms with van der Waals surface area (Å²) in [6, 6.07) is 21.1. The molecule has 0 aliphatic carbocycles. The van der Waals surface area contributed by atoms with Crippen LogP contribution in [0.2, 0.25) is 0 Å². The van der Waals surface area contributed by atoms with Crippen LogP contribution in [0.1, 0.15) is 0 Å². The predicted octanol–water partition coefficient (Wildman–Crippen LogP) is 4.49. The normalized spacial score (nSPS) is 10.6. The molecular weight excluding hydrogens is 288 g/mol. The number of benzene rings is 2. The number of pyridine rings is 1. The lowest BCUT2D eigenvalue weighted by molar-refractivity contribution is 0.463. The van der Waals surface area contributed by atoms with Crippen molar-refractivity contribution in [2.45, 2.75) is 0 Å². The largest absolute Gasteiger partial charge is 0.439 e. The number of H-pyrrole nitrogens is 1. The molecular formula is C18H14N4O. The van der Waals surface area contributed by atoms with E-state index in [0.29, 0.717) is 11.8 Å². The van der Waals surface area contributed by atoms with E-state index >= 15 is 0 Å². The molecule has 0 spiro atoms. The molecule has 0 aliphatic heterocycles. The van der Waals surface area contributed by atoms with Crippen molar-refractivity contribution in [2.75, 3.05) is 5.32 Å². The smallest absolute Gasteiger partial charge is 0.219 e.